The van der Waals surface area contributed by atoms with E-state index in [2.05, 4.69) is 6.92 Å². The third-order valence-electron chi connectivity index (χ3n) is 5.32. The van der Waals surface area contributed by atoms with Gasteiger partial charge in [-0.3, -0.25) is 4.79 Å². The van der Waals surface area contributed by atoms with Gasteiger partial charge in [0.25, 0.3) is 0 Å². The summed E-state index contributed by atoms with van der Waals surface area (Å²) in [5, 5.41) is 0. The van der Waals surface area contributed by atoms with Gasteiger partial charge in [0, 0.05) is 0 Å². The van der Waals surface area contributed by atoms with Gasteiger partial charge in [0.2, 0.25) is 0 Å². The zero-order valence-electron chi connectivity index (χ0n) is 10.2. The number of ether oxygens (including phenoxy) is 1. The Kier molecular flexibility index (Phi) is 2.31. The van der Waals surface area contributed by atoms with Crippen LogP contribution in [-0.2, 0) is 9.53 Å². The number of carbonyl (C=O) groups is 1. The van der Waals surface area contributed by atoms with E-state index in [1.54, 1.807) is 13.3 Å². The normalized spacial score (nSPS) is 49.4. The SMILES string of the molecule is C[CH]C(=O)OC1(C)C2CC3CC(C2)CC1C3. The van der Waals surface area contributed by atoms with Crippen molar-refractivity contribution in [3.8, 4) is 0 Å². The minimum Gasteiger partial charge on any atom is -0.459 e. The molecule has 0 saturated heterocycles. The summed E-state index contributed by atoms with van der Waals surface area (Å²) in [6.45, 7) is 3.95. The van der Waals surface area contributed by atoms with Crippen molar-refractivity contribution in [1.82, 2.24) is 0 Å². The molecule has 4 rings (SSSR count). The Bertz CT molecular complexity index is 280. The standard InChI is InChI=1S/C14H21O2/c1-3-13(15)16-14(2)11-5-9-4-10(7-11)8-12(14)6-9/h3,9-12H,4-8H2,1-2H3. The fraction of sp³-hybridized carbons (Fsp3) is 0.857. The number of esters is 1. The molecule has 89 valence electrons. The molecule has 4 bridgehead atoms. The molecule has 4 aliphatic rings. The fourth-order valence-electron chi connectivity index (χ4n) is 4.56. The van der Waals surface area contributed by atoms with Crippen LogP contribution in [0.2, 0.25) is 0 Å². The summed E-state index contributed by atoms with van der Waals surface area (Å²) >= 11 is 0. The Morgan fingerprint density at radius 1 is 1.12 bits per heavy atom. The smallest absolute Gasteiger partial charge is 0.310 e. The summed E-state index contributed by atoms with van der Waals surface area (Å²) in [6, 6.07) is 0. The molecule has 0 aromatic carbocycles. The molecule has 2 nitrogen and oxygen atoms in total. The van der Waals surface area contributed by atoms with Gasteiger partial charge in [0.05, 0.1) is 6.42 Å². The highest BCUT2D eigenvalue weighted by atomic mass is 16.6. The van der Waals surface area contributed by atoms with Crippen LogP contribution in [-0.4, -0.2) is 11.6 Å². The van der Waals surface area contributed by atoms with Gasteiger partial charge < -0.3 is 4.74 Å². The molecule has 0 heterocycles. The van der Waals surface area contributed by atoms with E-state index in [0.29, 0.717) is 11.8 Å². The molecule has 4 aliphatic carbocycles. The van der Waals surface area contributed by atoms with E-state index in [0.717, 1.165) is 11.8 Å². The maximum absolute atomic E-state index is 11.5. The van der Waals surface area contributed by atoms with E-state index in [9.17, 15) is 4.79 Å². The molecule has 0 aromatic rings. The van der Waals surface area contributed by atoms with Crippen molar-refractivity contribution in [2.45, 2.75) is 51.6 Å². The Balaban J connectivity index is 1.82. The molecule has 0 aromatic heterocycles. The first-order valence-electron chi connectivity index (χ1n) is 6.64. The Morgan fingerprint density at radius 2 is 1.62 bits per heavy atom. The predicted octanol–water partition coefficient (Wildman–Crippen LogP) is 2.97. The van der Waals surface area contributed by atoms with Crippen molar-refractivity contribution in [2.24, 2.45) is 23.7 Å². The van der Waals surface area contributed by atoms with Crippen molar-refractivity contribution in [2.75, 3.05) is 0 Å². The van der Waals surface area contributed by atoms with Crippen molar-refractivity contribution >= 4 is 5.97 Å². The second-order valence-electron chi connectivity index (χ2n) is 6.20. The molecule has 2 heteroatoms. The van der Waals surface area contributed by atoms with Crippen molar-refractivity contribution < 1.29 is 9.53 Å². The predicted molar refractivity (Wildman–Crippen MR) is 61.5 cm³/mol. The average molecular weight is 221 g/mol. The topological polar surface area (TPSA) is 26.3 Å². The summed E-state index contributed by atoms with van der Waals surface area (Å²) in [5.41, 5.74) is -0.156. The van der Waals surface area contributed by atoms with Crippen LogP contribution in [0.5, 0.6) is 0 Å². The molecule has 0 spiro atoms. The first kappa shape index (κ1) is 10.6. The van der Waals surface area contributed by atoms with Crippen LogP contribution in [0.4, 0.5) is 0 Å². The third-order valence-corrected chi connectivity index (χ3v) is 5.32. The van der Waals surface area contributed by atoms with Gasteiger partial charge in [-0.25, -0.2) is 0 Å². The second kappa shape index (κ2) is 3.48. The quantitative estimate of drug-likeness (QED) is 0.670. The van der Waals surface area contributed by atoms with Crippen LogP contribution >= 0.6 is 0 Å². The van der Waals surface area contributed by atoms with Gasteiger partial charge in [-0.2, -0.15) is 0 Å². The maximum atomic E-state index is 11.5. The minimum absolute atomic E-state index is 0.130. The van der Waals surface area contributed by atoms with E-state index < -0.39 is 0 Å². The fourth-order valence-corrected chi connectivity index (χ4v) is 4.56. The number of hydrogen-bond donors (Lipinski definition) is 0. The molecule has 4 fully saturated rings. The van der Waals surface area contributed by atoms with Crippen molar-refractivity contribution in [3.05, 3.63) is 6.42 Å². The van der Waals surface area contributed by atoms with Crippen molar-refractivity contribution in [3.63, 3.8) is 0 Å². The highest BCUT2D eigenvalue weighted by Crippen LogP contribution is 2.59. The summed E-state index contributed by atoms with van der Waals surface area (Å²) in [5.74, 6) is 3.00. The Labute approximate surface area is 97.7 Å². The molecule has 1 radical (unpaired) electrons. The van der Waals surface area contributed by atoms with Crippen LogP contribution < -0.4 is 0 Å². The van der Waals surface area contributed by atoms with Crippen LogP contribution in [0.1, 0.15) is 46.0 Å². The summed E-state index contributed by atoms with van der Waals surface area (Å²) in [6.07, 6.45) is 8.16. The van der Waals surface area contributed by atoms with E-state index in [1.807, 2.05) is 0 Å². The van der Waals surface area contributed by atoms with E-state index in [4.69, 9.17) is 4.74 Å². The molecule has 0 aliphatic heterocycles. The lowest BCUT2D eigenvalue weighted by atomic mass is 9.50. The maximum Gasteiger partial charge on any atom is 0.310 e. The number of carbonyl (C=O) groups excluding carboxylic acids is 1. The van der Waals surface area contributed by atoms with Crippen LogP contribution in [0.3, 0.4) is 0 Å². The highest BCUT2D eigenvalue weighted by Gasteiger charge is 2.56. The molecule has 16 heavy (non-hydrogen) atoms. The lowest BCUT2D eigenvalue weighted by Crippen LogP contribution is -2.57. The molecule has 0 N–H and O–H groups in total. The van der Waals surface area contributed by atoms with Gasteiger partial charge in [0.1, 0.15) is 5.60 Å². The molecule has 4 saturated carbocycles. The van der Waals surface area contributed by atoms with E-state index in [-0.39, 0.29) is 11.6 Å². The van der Waals surface area contributed by atoms with Gasteiger partial charge in [0.15, 0.2) is 0 Å². The van der Waals surface area contributed by atoms with E-state index >= 15 is 0 Å². The Morgan fingerprint density at radius 3 is 2.06 bits per heavy atom. The Hall–Kier alpha value is -0.530. The van der Waals surface area contributed by atoms with Gasteiger partial charge in [-0.1, -0.05) is 6.92 Å². The minimum atomic E-state index is -0.156. The lowest BCUT2D eigenvalue weighted by Gasteiger charge is -2.59. The largest absolute Gasteiger partial charge is 0.459 e. The molecular formula is C14H21O2. The van der Waals surface area contributed by atoms with Crippen molar-refractivity contribution in [1.29, 1.82) is 0 Å². The van der Waals surface area contributed by atoms with Gasteiger partial charge in [-0.15, -0.1) is 0 Å². The van der Waals surface area contributed by atoms with Crippen LogP contribution in [0.15, 0.2) is 0 Å². The first-order valence-corrected chi connectivity index (χ1v) is 6.64. The second-order valence-corrected chi connectivity index (χ2v) is 6.20. The zero-order chi connectivity index (χ0) is 11.3. The molecular weight excluding hydrogens is 200 g/mol. The van der Waals surface area contributed by atoms with Gasteiger partial charge in [-0.05, 0) is 62.7 Å². The lowest BCUT2D eigenvalue weighted by molar-refractivity contribution is -0.199. The first-order chi connectivity index (χ1) is 7.61. The summed E-state index contributed by atoms with van der Waals surface area (Å²) in [7, 11) is 0. The average Bonchev–Trinajstić information content (AvgIpc) is 2.25. The summed E-state index contributed by atoms with van der Waals surface area (Å²) < 4.78 is 5.77. The molecule has 0 atom stereocenters. The number of rotatable bonds is 2. The molecule has 0 unspecified atom stereocenters. The molecule has 0 amide bonds. The monoisotopic (exact) mass is 221 g/mol. The third kappa shape index (κ3) is 1.42. The highest BCUT2D eigenvalue weighted by molar-refractivity contribution is 5.78. The summed E-state index contributed by atoms with van der Waals surface area (Å²) in [4.78, 5) is 11.5. The van der Waals surface area contributed by atoms with Crippen LogP contribution in [0.25, 0.3) is 0 Å². The van der Waals surface area contributed by atoms with Crippen LogP contribution in [0, 0.1) is 30.1 Å². The van der Waals surface area contributed by atoms with Gasteiger partial charge >= 0.3 is 5.97 Å². The zero-order valence-corrected chi connectivity index (χ0v) is 10.2. The van der Waals surface area contributed by atoms with E-state index in [1.165, 1.54) is 32.1 Å². The number of hydrogen-bond acceptors (Lipinski definition) is 2.